The van der Waals surface area contributed by atoms with Crippen molar-refractivity contribution in [3.8, 4) is 16.8 Å². The van der Waals surface area contributed by atoms with Crippen molar-refractivity contribution in [1.82, 2.24) is 9.55 Å². The molecule has 0 saturated heterocycles. The maximum absolute atomic E-state index is 13.2. The first-order chi connectivity index (χ1) is 19.9. The highest BCUT2D eigenvalue weighted by atomic mass is 16.6. The molecule has 0 aliphatic heterocycles. The van der Waals surface area contributed by atoms with Gasteiger partial charge in [0, 0.05) is 23.8 Å². The predicted octanol–water partition coefficient (Wildman–Crippen LogP) is 8.34. The summed E-state index contributed by atoms with van der Waals surface area (Å²) < 4.78 is 7.71. The molecule has 1 N–H and O–H groups in total. The molecule has 0 spiro atoms. The Bertz CT molecular complexity index is 1550. The van der Waals surface area contributed by atoms with Gasteiger partial charge in [-0.3, -0.25) is 9.47 Å². The van der Waals surface area contributed by atoms with E-state index in [4.69, 9.17) is 9.72 Å². The third-order valence-electron chi connectivity index (χ3n) is 8.06. The van der Waals surface area contributed by atoms with Crippen LogP contribution in [0.2, 0.25) is 0 Å². The van der Waals surface area contributed by atoms with E-state index >= 15 is 0 Å². The van der Waals surface area contributed by atoms with E-state index in [1.165, 1.54) is 6.42 Å². The molecule has 1 fully saturated rings. The van der Waals surface area contributed by atoms with Crippen molar-refractivity contribution >= 4 is 28.8 Å². The Morgan fingerprint density at radius 3 is 2.49 bits per heavy atom. The average Bonchev–Trinajstić information content (AvgIpc) is 3.34. The van der Waals surface area contributed by atoms with E-state index in [0.717, 1.165) is 84.3 Å². The number of imidazole rings is 1. The summed E-state index contributed by atoms with van der Waals surface area (Å²) in [4.78, 5) is 32.0. The monoisotopic (exact) mass is 553 g/mol. The van der Waals surface area contributed by atoms with Crippen molar-refractivity contribution in [3.63, 3.8) is 0 Å². The number of amides is 1. The first-order valence-electron chi connectivity index (χ1n) is 14.8. The van der Waals surface area contributed by atoms with E-state index in [1.54, 1.807) is 12.1 Å². The second-order valence-electron chi connectivity index (χ2n) is 10.9. The molecule has 5 rings (SSSR count). The van der Waals surface area contributed by atoms with Gasteiger partial charge in [0.2, 0.25) is 0 Å². The first kappa shape index (κ1) is 28.4. The van der Waals surface area contributed by atoms with E-state index in [1.807, 2.05) is 55.1 Å². The highest BCUT2D eigenvalue weighted by Gasteiger charge is 2.29. The van der Waals surface area contributed by atoms with Crippen LogP contribution in [0.1, 0.15) is 80.5 Å². The molecule has 7 heteroatoms. The quantitative estimate of drug-likeness (QED) is 0.225. The zero-order valence-corrected chi connectivity index (χ0v) is 24.2. The summed E-state index contributed by atoms with van der Waals surface area (Å²) in [6, 6.07) is 19.4. The standard InChI is InChI=1S/C34H39N3O4/c1-4-6-16-32-35-30-20-18-26(36(34(40)41-5-2)24-12-8-7-9-13-24)22-31(30)37(32)25-17-19-27(23(3)21-25)28-14-10-11-15-29(28)33(38)39/h10-11,14-15,17-22,24H,4-9,12-13,16H2,1-3H3,(H,38,39). The number of carboxylic acids is 1. The van der Waals surface area contributed by atoms with Crippen LogP contribution >= 0.6 is 0 Å². The zero-order valence-electron chi connectivity index (χ0n) is 24.2. The van der Waals surface area contributed by atoms with Gasteiger partial charge in [-0.05, 0) is 86.2 Å². The molecule has 1 amide bonds. The topological polar surface area (TPSA) is 84.7 Å². The first-order valence-corrected chi connectivity index (χ1v) is 14.8. The molecule has 3 aromatic carbocycles. The second-order valence-corrected chi connectivity index (χ2v) is 10.9. The van der Waals surface area contributed by atoms with Crippen molar-refractivity contribution < 1.29 is 19.4 Å². The van der Waals surface area contributed by atoms with Crippen LogP contribution in [0.3, 0.4) is 0 Å². The number of aromatic nitrogens is 2. The summed E-state index contributed by atoms with van der Waals surface area (Å²) in [5, 5.41) is 9.75. The normalized spacial score (nSPS) is 13.8. The number of carbonyl (C=O) groups is 2. The van der Waals surface area contributed by atoms with E-state index in [9.17, 15) is 14.7 Å². The summed E-state index contributed by atoms with van der Waals surface area (Å²) >= 11 is 0. The van der Waals surface area contributed by atoms with Crippen LogP contribution in [0.15, 0.2) is 60.7 Å². The minimum Gasteiger partial charge on any atom is -0.478 e. The molecule has 41 heavy (non-hydrogen) atoms. The van der Waals surface area contributed by atoms with E-state index in [-0.39, 0.29) is 17.7 Å². The maximum Gasteiger partial charge on any atom is 0.414 e. The van der Waals surface area contributed by atoms with Gasteiger partial charge in [-0.1, -0.05) is 56.9 Å². The molecule has 1 saturated carbocycles. The van der Waals surface area contributed by atoms with Gasteiger partial charge in [-0.2, -0.15) is 0 Å². The Morgan fingerprint density at radius 1 is 1.00 bits per heavy atom. The van der Waals surface area contributed by atoms with Crippen LogP contribution in [0.5, 0.6) is 0 Å². The summed E-state index contributed by atoms with van der Waals surface area (Å²) in [5.74, 6) is 0.0284. The van der Waals surface area contributed by atoms with Crippen LogP contribution in [-0.2, 0) is 11.2 Å². The summed E-state index contributed by atoms with van der Waals surface area (Å²) in [7, 11) is 0. The summed E-state index contributed by atoms with van der Waals surface area (Å²) in [6.07, 6.45) is 7.95. The SMILES string of the molecule is CCCCc1nc2ccc(N(C(=O)OCC)C3CCCCC3)cc2n1-c1ccc(-c2ccccc2C(=O)O)c(C)c1. The number of hydrogen-bond acceptors (Lipinski definition) is 4. The largest absolute Gasteiger partial charge is 0.478 e. The Morgan fingerprint density at radius 2 is 1.78 bits per heavy atom. The number of anilines is 1. The lowest BCUT2D eigenvalue weighted by Crippen LogP contribution is -2.42. The van der Waals surface area contributed by atoms with Gasteiger partial charge < -0.3 is 9.84 Å². The average molecular weight is 554 g/mol. The predicted molar refractivity (Wildman–Crippen MR) is 163 cm³/mol. The number of hydrogen-bond donors (Lipinski definition) is 1. The Kier molecular flexibility index (Phi) is 8.72. The Labute approximate surface area is 241 Å². The van der Waals surface area contributed by atoms with Gasteiger partial charge in [0.05, 0.1) is 23.2 Å². The van der Waals surface area contributed by atoms with Crippen LogP contribution in [0.25, 0.3) is 27.8 Å². The highest BCUT2D eigenvalue weighted by Crippen LogP contribution is 2.34. The molecular formula is C34H39N3O4. The van der Waals surface area contributed by atoms with Crippen molar-refractivity contribution in [3.05, 3.63) is 77.6 Å². The Hall–Kier alpha value is -4.13. The van der Waals surface area contributed by atoms with Crippen molar-refractivity contribution in [1.29, 1.82) is 0 Å². The molecule has 4 aromatic rings. The van der Waals surface area contributed by atoms with Crippen LogP contribution in [0, 0.1) is 6.92 Å². The number of aryl methyl sites for hydroxylation is 2. The zero-order chi connectivity index (χ0) is 28.9. The third kappa shape index (κ3) is 5.85. The number of aromatic carboxylic acids is 1. The van der Waals surface area contributed by atoms with E-state index in [0.29, 0.717) is 12.2 Å². The molecule has 1 aliphatic rings. The van der Waals surface area contributed by atoms with Crippen molar-refractivity contribution in [2.45, 2.75) is 78.2 Å². The lowest BCUT2D eigenvalue weighted by atomic mass is 9.94. The molecule has 214 valence electrons. The highest BCUT2D eigenvalue weighted by molar-refractivity contribution is 5.96. The fourth-order valence-electron chi connectivity index (χ4n) is 6.05. The second kappa shape index (κ2) is 12.6. The molecule has 1 heterocycles. The summed E-state index contributed by atoms with van der Waals surface area (Å²) in [6.45, 7) is 6.36. The minimum absolute atomic E-state index is 0.118. The smallest absolute Gasteiger partial charge is 0.414 e. The number of nitrogens with zero attached hydrogens (tertiary/aromatic N) is 3. The van der Waals surface area contributed by atoms with Gasteiger partial charge in [0.25, 0.3) is 0 Å². The number of fused-ring (bicyclic) bond motifs is 1. The van der Waals surface area contributed by atoms with Gasteiger partial charge in [-0.15, -0.1) is 0 Å². The van der Waals surface area contributed by atoms with Crippen molar-refractivity contribution in [2.75, 3.05) is 11.5 Å². The fraction of sp³-hybridized carbons (Fsp3) is 0.382. The molecular weight excluding hydrogens is 514 g/mol. The lowest BCUT2D eigenvalue weighted by molar-refractivity contribution is 0.0697. The molecule has 0 radical (unpaired) electrons. The molecule has 1 aromatic heterocycles. The number of carboxylic acid groups (broad SMARTS) is 1. The van der Waals surface area contributed by atoms with Gasteiger partial charge in [0.1, 0.15) is 5.82 Å². The van der Waals surface area contributed by atoms with Gasteiger partial charge in [0.15, 0.2) is 0 Å². The van der Waals surface area contributed by atoms with Crippen LogP contribution in [0.4, 0.5) is 10.5 Å². The minimum atomic E-state index is -0.941. The summed E-state index contributed by atoms with van der Waals surface area (Å²) in [5.41, 5.74) is 6.46. The van der Waals surface area contributed by atoms with Crippen molar-refractivity contribution in [2.24, 2.45) is 0 Å². The number of ether oxygens (including phenoxy) is 1. The number of benzene rings is 3. The molecule has 7 nitrogen and oxygen atoms in total. The molecule has 0 atom stereocenters. The van der Waals surface area contributed by atoms with Gasteiger partial charge in [-0.25, -0.2) is 14.6 Å². The Balaban J connectivity index is 1.63. The van der Waals surface area contributed by atoms with E-state index < -0.39 is 5.97 Å². The fourth-order valence-corrected chi connectivity index (χ4v) is 6.05. The third-order valence-corrected chi connectivity index (χ3v) is 8.06. The van der Waals surface area contributed by atoms with Gasteiger partial charge >= 0.3 is 12.1 Å². The van der Waals surface area contributed by atoms with Crippen LogP contribution < -0.4 is 4.90 Å². The molecule has 1 aliphatic carbocycles. The maximum atomic E-state index is 13.2. The van der Waals surface area contributed by atoms with Crippen LogP contribution in [-0.4, -0.2) is 39.4 Å². The molecule has 0 unspecified atom stereocenters. The number of unbranched alkanes of at least 4 members (excludes halogenated alkanes) is 1. The number of carbonyl (C=O) groups excluding carboxylic acids is 1. The van der Waals surface area contributed by atoms with E-state index in [2.05, 4.69) is 23.6 Å². The lowest BCUT2D eigenvalue weighted by Gasteiger charge is -2.33. The molecule has 0 bridgehead atoms. The number of rotatable bonds is 9.